The number of aromatic nitrogens is 2. The first-order valence-electron chi connectivity index (χ1n) is 14.5. The molecule has 6 rings (SSSR count). The van der Waals surface area contributed by atoms with Crippen molar-refractivity contribution in [1.82, 2.24) is 19.8 Å². The predicted octanol–water partition coefficient (Wildman–Crippen LogP) is 3.94. The van der Waals surface area contributed by atoms with Gasteiger partial charge in [0.2, 0.25) is 5.91 Å². The Morgan fingerprint density at radius 1 is 1.16 bits per heavy atom. The van der Waals surface area contributed by atoms with Crippen molar-refractivity contribution in [3.63, 3.8) is 0 Å². The molecule has 2 aromatic rings. The topological polar surface area (TPSA) is 61.8 Å². The summed E-state index contributed by atoms with van der Waals surface area (Å²) in [6, 6.07) is 10.1. The average Bonchev–Trinajstić information content (AvgIpc) is 3.35. The fourth-order valence-corrected chi connectivity index (χ4v) is 7.39. The highest BCUT2D eigenvalue weighted by molar-refractivity contribution is 5.87. The van der Waals surface area contributed by atoms with Gasteiger partial charge in [0.05, 0.1) is 5.69 Å². The zero-order valence-corrected chi connectivity index (χ0v) is 23.0. The third kappa shape index (κ3) is 4.59. The molecule has 0 N–H and O–H groups in total. The van der Waals surface area contributed by atoms with Gasteiger partial charge >= 0.3 is 6.01 Å². The summed E-state index contributed by atoms with van der Waals surface area (Å²) < 4.78 is 6.35. The Balaban J connectivity index is 1.34. The van der Waals surface area contributed by atoms with Crippen molar-refractivity contribution < 1.29 is 9.53 Å². The average molecular weight is 516 g/mol. The highest BCUT2D eigenvalue weighted by atomic mass is 16.5. The largest absolute Gasteiger partial charge is 0.462 e. The van der Waals surface area contributed by atoms with Gasteiger partial charge in [-0.25, -0.2) is 0 Å². The van der Waals surface area contributed by atoms with Gasteiger partial charge in [-0.2, -0.15) is 9.97 Å². The highest BCUT2D eigenvalue weighted by Crippen LogP contribution is 2.47. The summed E-state index contributed by atoms with van der Waals surface area (Å²) in [5.41, 5.74) is 5.62. The van der Waals surface area contributed by atoms with Crippen LogP contribution in [0.1, 0.15) is 61.4 Å². The molecule has 2 fully saturated rings. The number of benzene rings is 1. The van der Waals surface area contributed by atoms with E-state index >= 15 is 0 Å². The van der Waals surface area contributed by atoms with Gasteiger partial charge < -0.3 is 19.4 Å². The first-order valence-corrected chi connectivity index (χ1v) is 14.5. The zero-order valence-electron chi connectivity index (χ0n) is 23.0. The lowest BCUT2D eigenvalue weighted by molar-refractivity contribution is -0.126. The number of amides is 1. The SMILES string of the molecule is C=CC(=O)N1CCN(c2nc(OCC3CCCN3C)nc3c2CCC2(CCCc4ccccc42)C3)[C@@H](C)C1. The molecule has 3 heterocycles. The second-order valence-corrected chi connectivity index (χ2v) is 11.8. The summed E-state index contributed by atoms with van der Waals surface area (Å²) in [6.07, 6.45) is 10.5. The van der Waals surface area contributed by atoms with E-state index in [1.54, 1.807) is 0 Å². The Morgan fingerprint density at radius 3 is 2.82 bits per heavy atom. The number of fused-ring (bicyclic) bond motifs is 3. The molecule has 0 saturated carbocycles. The van der Waals surface area contributed by atoms with Crippen molar-refractivity contribution in [3.8, 4) is 6.01 Å². The lowest BCUT2D eigenvalue weighted by Crippen LogP contribution is -2.54. The lowest BCUT2D eigenvalue weighted by atomic mass is 9.62. The van der Waals surface area contributed by atoms with Crippen LogP contribution in [0.4, 0.5) is 5.82 Å². The van der Waals surface area contributed by atoms with Gasteiger partial charge in [-0.3, -0.25) is 4.79 Å². The molecule has 0 bridgehead atoms. The molecule has 2 saturated heterocycles. The maximum absolute atomic E-state index is 12.3. The van der Waals surface area contributed by atoms with E-state index in [9.17, 15) is 4.79 Å². The Morgan fingerprint density at radius 2 is 2.03 bits per heavy atom. The molecule has 38 heavy (non-hydrogen) atoms. The third-order valence-corrected chi connectivity index (χ3v) is 9.56. The van der Waals surface area contributed by atoms with E-state index in [2.05, 4.69) is 54.6 Å². The predicted molar refractivity (Wildman–Crippen MR) is 150 cm³/mol. The van der Waals surface area contributed by atoms with Crippen LogP contribution < -0.4 is 9.64 Å². The number of anilines is 1. The molecule has 4 aliphatic rings. The number of hydrogen-bond donors (Lipinski definition) is 0. The minimum Gasteiger partial charge on any atom is -0.462 e. The quantitative estimate of drug-likeness (QED) is 0.563. The second-order valence-electron chi connectivity index (χ2n) is 11.8. The number of nitrogens with zero attached hydrogens (tertiary/aromatic N) is 5. The standard InChI is InChI=1S/C31H41N5O2/c1-4-28(37)35-17-18-36(22(2)20-35)29-25-13-15-31(14-7-10-23-9-5-6-12-26(23)31)19-27(25)32-30(33-29)38-21-24-11-8-16-34(24)3/h4-6,9,12,22,24H,1,7-8,10-11,13-21H2,2-3H3/t22-,24?,31?/m0/s1. The van der Waals surface area contributed by atoms with Gasteiger partial charge in [0.25, 0.3) is 0 Å². The molecular weight excluding hydrogens is 474 g/mol. The number of aryl methyl sites for hydroxylation is 1. The number of carbonyl (C=O) groups is 1. The van der Waals surface area contributed by atoms with Gasteiger partial charge in [-0.05, 0) is 89.1 Å². The van der Waals surface area contributed by atoms with Crippen molar-refractivity contribution >= 4 is 11.7 Å². The summed E-state index contributed by atoms with van der Waals surface area (Å²) >= 11 is 0. The van der Waals surface area contributed by atoms with Crippen LogP contribution in [0.3, 0.4) is 0 Å². The van der Waals surface area contributed by atoms with E-state index in [4.69, 9.17) is 14.7 Å². The molecule has 1 aromatic heterocycles. The maximum Gasteiger partial charge on any atom is 0.318 e. The zero-order chi connectivity index (χ0) is 26.3. The summed E-state index contributed by atoms with van der Waals surface area (Å²) in [6.45, 7) is 9.71. The van der Waals surface area contributed by atoms with Crippen LogP contribution in [0.5, 0.6) is 6.01 Å². The number of likely N-dealkylation sites (tertiary alicyclic amines) is 1. The van der Waals surface area contributed by atoms with Crippen molar-refractivity contribution in [3.05, 3.63) is 59.3 Å². The van der Waals surface area contributed by atoms with E-state index < -0.39 is 0 Å². The molecule has 1 aromatic carbocycles. The molecule has 7 nitrogen and oxygen atoms in total. The molecule has 1 amide bonds. The summed E-state index contributed by atoms with van der Waals surface area (Å²) in [5.74, 6) is 1.02. The van der Waals surface area contributed by atoms with Crippen LogP contribution in [0.2, 0.25) is 0 Å². The van der Waals surface area contributed by atoms with E-state index in [0.29, 0.717) is 31.7 Å². The minimum absolute atomic E-state index is 0.00354. The van der Waals surface area contributed by atoms with Gasteiger partial charge in [-0.15, -0.1) is 0 Å². The summed E-state index contributed by atoms with van der Waals surface area (Å²) in [4.78, 5) is 29.1. The molecule has 1 spiro atoms. The third-order valence-electron chi connectivity index (χ3n) is 9.56. The molecule has 202 valence electrons. The molecule has 2 aliphatic heterocycles. The molecule has 7 heteroatoms. The smallest absolute Gasteiger partial charge is 0.318 e. The van der Waals surface area contributed by atoms with Gasteiger partial charge in [-0.1, -0.05) is 30.8 Å². The molecule has 2 aliphatic carbocycles. The monoisotopic (exact) mass is 515 g/mol. The van der Waals surface area contributed by atoms with Crippen molar-refractivity contribution in [2.75, 3.05) is 44.7 Å². The maximum atomic E-state index is 12.3. The van der Waals surface area contributed by atoms with Gasteiger partial charge in [0.1, 0.15) is 12.4 Å². The van der Waals surface area contributed by atoms with Gasteiger partial charge in [0, 0.05) is 42.7 Å². The van der Waals surface area contributed by atoms with Crippen molar-refractivity contribution in [1.29, 1.82) is 0 Å². The van der Waals surface area contributed by atoms with Crippen molar-refractivity contribution in [2.45, 2.75) is 75.8 Å². The number of likely N-dealkylation sites (N-methyl/N-ethyl adjacent to an activating group) is 1. The number of piperazine rings is 1. The van der Waals surface area contributed by atoms with E-state index in [-0.39, 0.29) is 17.4 Å². The van der Waals surface area contributed by atoms with Gasteiger partial charge in [0.15, 0.2) is 0 Å². The first kappa shape index (κ1) is 25.4. The summed E-state index contributed by atoms with van der Waals surface area (Å²) in [5, 5.41) is 0. The Labute approximate surface area is 226 Å². The molecule has 3 atom stereocenters. The Kier molecular flexibility index (Phi) is 6.89. The lowest BCUT2D eigenvalue weighted by Gasteiger charge is -2.45. The Hall–Kier alpha value is -2.93. The van der Waals surface area contributed by atoms with Crippen LogP contribution in [0.15, 0.2) is 36.9 Å². The Bertz CT molecular complexity index is 1210. The molecular formula is C31H41N5O2. The van der Waals surface area contributed by atoms with E-state index in [0.717, 1.165) is 50.3 Å². The normalized spacial score (nSPS) is 27.2. The van der Waals surface area contributed by atoms with E-state index in [1.807, 2.05) is 4.90 Å². The first-order chi connectivity index (χ1) is 18.5. The number of ether oxygens (including phenoxy) is 1. The molecule has 0 radical (unpaired) electrons. The molecule has 2 unspecified atom stereocenters. The fourth-order valence-electron chi connectivity index (χ4n) is 7.39. The number of rotatable bonds is 5. The highest BCUT2D eigenvalue weighted by Gasteiger charge is 2.42. The van der Waals surface area contributed by atoms with Crippen LogP contribution in [0.25, 0.3) is 0 Å². The van der Waals surface area contributed by atoms with Crippen molar-refractivity contribution in [2.24, 2.45) is 0 Å². The van der Waals surface area contributed by atoms with Crippen LogP contribution >= 0.6 is 0 Å². The van der Waals surface area contributed by atoms with Crippen LogP contribution in [-0.4, -0.2) is 77.6 Å². The minimum atomic E-state index is 0.00354. The number of carbonyl (C=O) groups excluding carboxylic acids is 1. The number of hydrogen-bond acceptors (Lipinski definition) is 6. The van der Waals surface area contributed by atoms with Crippen LogP contribution in [-0.2, 0) is 29.5 Å². The summed E-state index contributed by atoms with van der Waals surface area (Å²) in [7, 11) is 2.18. The van der Waals surface area contributed by atoms with E-state index in [1.165, 1.54) is 48.4 Å². The van der Waals surface area contributed by atoms with Crippen LogP contribution in [0, 0.1) is 0 Å². The second kappa shape index (κ2) is 10.3. The fraction of sp³-hybridized carbons (Fsp3) is 0.581.